The third-order valence-corrected chi connectivity index (χ3v) is 5.76. The Bertz CT molecular complexity index is 1130. The Morgan fingerprint density at radius 3 is 2.77 bits per heavy atom. The Hall–Kier alpha value is -3.46. The number of carbonyl (C=O) groups is 2. The number of hydrogen-bond acceptors (Lipinski definition) is 5. The predicted molar refractivity (Wildman–Crippen MR) is 107 cm³/mol. The van der Waals surface area contributed by atoms with E-state index in [2.05, 4.69) is 10.4 Å². The lowest BCUT2D eigenvalue weighted by Gasteiger charge is -2.24. The molecular weight excluding hydrogens is 412 g/mol. The molecule has 4 rings (SSSR count). The number of halogens is 2. The van der Waals surface area contributed by atoms with E-state index in [9.17, 15) is 23.5 Å². The van der Waals surface area contributed by atoms with Crippen molar-refractivity contribution in [3.05, 3.63) is 83.7 Å². The Morgan fingerprint density at radius 1 is 1.20 bits per heavy atom. The molecule has 0 bridgehead atoms. The topological polar surface area (TPSA) is 82.5 Å². The molecule has 1 saturated heterocycles. The molecule has 30 heavy (non-hydrogen) atoms. The van der Waals surface area contributed by atoms with Crippen molar-refractivity contribution in [1.82, 2.24) is 15.4 Å². The van der Waals surface area contributed by atoms with E-state index in [1.54, 1.807) is 24.5 Å². The van der Waals surface area contributed by atoms with E-state index in [0.717, 1.165) is 17.7 Å². The molecule has 2 aromatic carbocycles. The molecule has 2 N–H and O–H groups in total. The van der Waals surface area contributed by atoms with Crippen molar-refractivity contribution in [3.63, 3.8) is 0 Å². The van der Waals surface area contributed by atoms with Gasteiger partial charge in [-0.05, 0) is 35.9 Å². The van der Waals surface area contributed by atoms with Crippen LogP contribution in [0.2, 0.25) is 0 Å². The number of hydrazine groups is 1. The number of aromatic hydroxyl groups is 1. The number of nitrogens with zero attached hydrogens (tertiary/aromatic N) is 2. The van der Waals surface area contributed by atoms with Crippen LogP contribution in [0.15, 0.2) is 60.9 Å². The molecule has 1 fully saturated rings. The molecule has 0 spiro atoms. The number of thioether (sulfide) groups is 1. The highest BCUT2D eigenvalue weighted by molar-refractivity contribution is 8.00. The van der Waals surface area contributed by atoms with Crippen LogP contribution < -0.4 is 5.43 Å². The molecule has 152 valence electrons. The normalized spacial score (nSPS) is 16.0. The molecule has 6 nitrogen and oxygen atoms in total. The van der Waals surface area contributed by atoms with E-state index < -0.39 is 22.9 Å². The van der Waals surface area contributed by atoms with Gasteiger partial charge < -0.3 is 5.11 Å². The highest BCUT2D eigenvalue weighted by Gasteiger charge is 2.35. The second-order valence-corrected chi connectivity index (χ2v) is 7.58. The van der Waals surface area contributed by atoms with Gasteiger partial charge in [0.2, 0.25) is 0 Å². The summed E-state index contributed by atoms with van der Waals surface area (Å²) in [5.41, 5.74) is 3.46. The van der Waals surface area contributed by atoms with Gasteiger partial charge in [-0.15, -0.1) is 11.8 Å². The largest absolute Gasteiger partial charge is 0.507 e. The summed E-state index contributed by atoms with van der Waals surface area (Å²) in [5.74, 6) is -2.72. The number of amides is 2. The van der Waals surface area contributed by atoms with Crippen LogP contribution in [0, 0.1) is 11.6 Å². The highest BCUT2D eigenvalue weighted by atomic mass is 32.2. The minimum absolute atomic E-state index is 0.0755. The molecule has 1 aliphatic heterocycles. The first-order valence-corrected chi connectivity index (χ1v) is 9.92. The van der Waals surface area contributed by atoms with Gasteiger partial charge in [0.1, 0.15) is 22.8 Å². The number of carbonyl (C=O) groups excluding carboxylic acids is 2. The summed E-state index contributed by atoms with van der Waals surface area (Å²) in [6.07, 6.45) is 3.21. The number of phenols is 1. The molecule has 1 aliphatic rings. The zero-order chi connectivity index (χ0) is 21.3. The summed E-state index contributed by atoms with van der Waals surface area (Å²) in [6, 6.07) is 10.5. The van der Waals surface area contributed by atoms with Crippen LogP contribution in [0.5, 0.6) is 5.75 Å². The number of phenolic OH excluding ortho intramolecular Hbond substituents is 1. The second-order valence-electron chi connectivity index (χ2n) is 6.51. The first-order valence-electron chi connectivity index (χ1n) is 8.87. The van der Waals surface area contributed by atoms with Gasteiger partial charge in [-0.2, -0.15) is 0 Å². The fourth-order valence-corrected chi connectivity index (χ4v) is 4.18. The molecule has 2 amide bonds. The van der Waals surface area contributed by atoms with E-state index in [-0.39, 0.29) is 34.1 Å². The number of aromatic nitrogens is 1. The van der Waals surface area contributed by atoms with Crippen LogP contribution in [0.3, 0.4) is 0 Å². The number of nitrogens with one attached hydrogen (secondary N) is 1. The van der Waals surface area contributed by atoms with Crippen molar-refractivity contribution in [2.45, 2.75) is 5.37 Å². The third kappa shape index (κ3) is 3.84. The molecule has 0 saturated carbocycles. The Kier molecular flexibility index (Phi) is 5.37. The van der Waals surface area contributed by atoms with Gasteiger partial charge in [0.25, 0.3) is 11.8 Å². The van der Waals surface area contributed by atoms with E-state index >= 15 is 0 Å². The summed E-state index contributed by atoms with van der Waals surface area (Å²) in [5, 5.41) is 10.9. The Balaban J connectivity index is 1.62. The van der Waals surface area contributed by atoms with Crippen molar-refractivity contribution in [3.8, 4) is 16.9 Å². The van der Waals surface area contributed by atoms with Gasteiger partial charge in [0.05, 0.1) is 11.3 Å². The van der Waals surface area contributed by atoms with Crippen LogP contribution in [-0.2, 0) is 4.79 Å². The van der Waals surface area contributed by atoms with Gasteiger partial charge in [0, 0.05) is 29.6 Å². The maximum atomic E-state index is 14.1. The third-order valence-electron chi connectivity index (χ3n) is 4.54. The highest BCUT2D eigenvalue weighted by Crippen LogP contribution is 2.37. The van der Waals surface area contributed by atoms with Crippen molar-refractivity contribution in [2.75, 3.05) is 5.75 Å². The summed E-state index contributed by atoms with van der Waals surface area (Å²) in [6.45, 7) is 0. The zero-order valence-corrected chi connectivity index (χ0v) is 16.2. The Morgan fingerprint density at radius 2 is 2.03 bits per heavy atom. The van der Waals surface area contributed by atoms with Gasteiger partial charge in [-0.3, -0.25) is 20.0 Å². The average molecular weight is 427 g/mol. The van der Waals surface area contributed by atoms with Crippen LogP contribution in [0.25, 0.3) is 11.1 Å². The number of rotatable bonds is 4. The molecule has 3 aromatic rings. The minimum Gasteiger partial charge on any atom is -0.507 e. The second kappa shape index (κ2) is 8.11. The first-order chi connectivity index (χ1) is 14.4. The monoisotopic (exact) mass is 427 g/mol. The van der Waals surface area contributed by atoms with E-state index in [4.69, 9.17) is 0 Å². The summed E-state index contributed by atoms with van der Waals surface area (Å²) in [4.78, 5) is 29.2. The van der Waals surface area contributed by atoms with Crippen molar-refractivity contribution >= 4 is 23.6 Å². The lowest BCUT2D eigenvalue weighted by molar-refractivity contribution is -0.130. The number of benzene rings is 2. The standard InChI is InChI=1S/C21H15F2N3O3S/c22-14-4-5-15(17(23)9-14)12-3-6-18(27)16(8-12)20(29)25-26-19(28)11-30-21(26)13-2-1-7-24-10-13/h1-10,21,27H,11H2,(H,25,29). The molecule has 1 aromatic heterocycles. The van der Waals surface area contributed by atoms with E-state index in [1.165, 1.54) is 41.0 Å². The molecule has 1 unspecified atom stereocenters. The van der Waals surface area contributed by atoms with Crippen LogP contribution in [-0.4, -0.2) is 32.7 Å². The van der Waals surface area contributed by atoms with E-state index in [1.807, 2.05) is 0 Å². The van der Waals surface area contributed by atoms with Gasteiger partial charge in [0.15, 0.2) is 0 Å². The lowest BCUT2D eigenvalue weighted by atomic mass is 10.0. The quantitative estimate of drug-likeness (QED) is 0.664. The van der Waals surface area contributed by atoms with Gasteiger partial charge in [-0.25, -0.2) is 13.8 Å². The summed E-state index contributed by atoms with van der Waals surface area (Å²) < 4.78 is 27.3. The summed E-state index contributed by atoms with van der Waals surface area (Å²) >= 11 is 1.33. The minimum atomic E-state index is -0.796. The maximum Gasteiger partial charge on any atom is 0.273 e. The smallest absolute Gasteiger partial charge is 0.273 e. The van der Waals surface area contributed by atoms with Gasteiger partial charge >= 0.3 is 0 Å². The van der Waals surface area contributed by atoms with Gasteiger partial charge in [-0.1, -0.05) is 12.1 Å². The average Bonchev–Trinajstić information content (AvgIpc) is 3.09. The molecule has 2 heterocycles. The molecule has 0 radical (unpaired) electrons. The molecule has 0 aliphatic carbocycles. The Labute approximate surface area is 174 Å². The van der Waals surface area contributed by atoms with Crippen molar-refractivity contribution < 1.29 is 23.5 Å². The number of pyridine rings is 1. The SMILES string of the molecule is O=C(NN1C(=O)CSC1c1cccnc1)c1cc(-c2ccc(F)cc2F)ccc1O. The lowest BCUT2D eigenvalue weighted by Crippen LogP contribution is -2.44. The molecule has 1 atom stereocenters. The predicted octanol–water partition coefficient (Wildman–Crippen LogP) is 3.65. The molecule has 9 heteroatoms. The fraction of sp³-hybridized carbons (Fsp3) is 0.0952. The summed E-state index contributed by atoms with van der Waals surface area (Å²) in [7, 11) is 0. The van der Waals surface area contributed by atoms with Crippen LogP contribution in [0.1, 0.15) is 21.3 Å². The van der Waals surface area contributed by atoms with E-state index in [0.29, 0.717) is 0 Å². The van der Waals surface area contributed by atoms with Crippen molar-refractivity contribution in [2.24, 2.45) is 0 Å². The number of hydrogen-bond donors (Lipinski definition) is 2. The van der Waals surface area contributed by atoms with Crippen LogP contribution >= 0.6 is 11.8 Å². The maximum absolute atomic E-state index is 14.1. The fourth-order valence-electron chi connectivity index (χ4n) is 3.09. The zero-order valence-electron chi connectivity index (χ0n) is 15.4. The first kappa shape index (κ1) is 19.8. The van der Waals surface area contributed by atoms with Crippen molar-refractivity contribution in [1.29, 1.82) is 0 Å². The molecular formula is C21H15F2N3O3S. The van der Waals surface area contributed by atoms with Crippen LogP contribution in [0.4, 0.5) is 8.78 Å².